The van der Waals surface area contributed by atoms with Gasteiger partial charge in [0.2, 0.25) is 0 Å². The Morgan fingerprint density at radius 1 is 1.15 bits per heavy atom. The third-order valence-corrected chi connectivity index (χ3v) is 5.35. The first-order chi connectivity index (χ1) is 12.8. The summed E-state index contributed by atoms with van der Waals surface area (Å²) in [4.78, 5) is 14.1. The van der Waals surface area contributed by atoms with Crippen LogP contribution in [0.2, 0.25) is 0 Å². The van der Waals surface area contributed by atoms with Gasteiger partial charge in [-0.05, 0) is 56.7 Å². The van der Waals surface area contributed by atoms with E-state index in [9.17, 15) is 0 Å². The average molecular weight is 348 g/mol. The summed E-state index contributed by atoms with van der Waals surface area (Å²) in [5.74, 6) is 2.36. The lowest BCUT2D eigenvalue weighted by molar-refractivity contribution is 0.478. The van der Waals surface area contributed by atoms with Crippen LogP contribution in [0.1, 0.15) is 42.7 Å². The van der Waals surface area contributed by atoms with Crippen molar-refractivity contribution in [3.8, 4) is 11.5 Å². The fraction of sp³-hybridized carbons (Fsp3) is 0.450. The van der Waals surface area contributed by atoms with Crippen LogP contribution in [-0.2, 0) is 0 Å². The number of aryl methyl sites for hydroxylation is 1. The minimum atomic E-state index is 0.438. The van der Waals surface area contributed by atoms with Crippen molar-refractivity contribution in [1.29, 1.82) is 0 Å². The predicted octanol–water partition coefficient (Wildman–Crippen LogP) is 3.14. The maximum absolute atomic E-state index is 4.94. The Morgan fingerprint density at radius 2 is 2.08 bits per heavy atom. The van der Waals surface area contributed by atoms with E-state index in [4.69, 9.17) is 4.98 Å². The van der Waals surface area contributed by atoms with Crippen molar-refractivity contribution >= 4 is 11.5 Å². The minimum Gasteiger partial charge on any atom is -0.366 e. The monoisotopic (exact) mass is 348 g/mol. The quantitative estimate of drug-likeness (QED) is 0.758. The number of anilines is 1. The van der Waals surface area contributed by atoms with E-state index in [1.54, 1.807) is 0 Å². The molecular weight excluding hydrogens is 324 g/mol. The average Bonchev–Trinajstić information content (AvgIpc) is 3.42. The lowest BCUT2D eigenvalue weighted by atomic mass is 10.1. The van der Waals surface area contributed by atoms with Crippen LogP contribution in [0.3, 0.4) is 0 Å². The lowest BCUT2D eigenvalue weighted by Gasteiger charge is -2.25. The van der Waals surface area contributed by atoms with E-state index in [0.717, 1.165) is 36.1 Å². The van der Waals surface area contributed by atoms with E-state index in [1.807, 2.05) is 18.5 Å². The maximum atomic E-state index is 4.94. The molecule has 6 heteroatoms. The second-order valence-electron chi connectivity index (χ2n) is 7.54. The molecule has 1 atom stereocenters. The summed E-state index contributed by atoms with van der Waals surface area (Å²) in [6.07, 6.45) is 10.9. The molecule has 0 amide bonds. The van der Waals surface area contributed by atoms with Gasteiger partial charge >= 0.3 is 0 Å². The van der Waals surface area contributed by atoms with Gasteiger partial charge in [-0.2, -0.15) is 0 Å². The Hall–Kier alpha value is -2.47. The normalized spacial score (nSPS) is 20.4. The molecule has 4 heterocycles. The topological polar surface area (TPSA) is 67.1 Å². The summed E-state index contributed by atoms with van der Waals surface area (Å²) in [5.41, 5.74) is 4.32. The van der Waals surface area contributed by atoms with E-state index >= 15 is 0 Å². The van der Waals surface area contributed by atoms with Crippen molar-refractivity contribution in [2.75, 3.05) is 18.4 Å². The molecule has 1 saturated carbocycles. The molecule has 2 N–H and O–H groups in total. The molecule has 0 aromatic carbocycles. The van der Waals surface area contributed by atoms with Crippen LogP contribution in [0.15, 0.2) is 30.7 Å². The number of hydrogen-bond acceptors (Lipinski definition) is 5. The van der Waals surface area contributed by atoms with Gasteiger partial charge in [0.15, 0.2) is 5.82 Å². The molecule has 0 spiro atoms. The highest BCUT2D eigenvalue weighted by molar-refractivity contribution is 5.60. The van der Waals surface area contributed by atoms with Crippen molar-refractivity contribution in [2.45, 2.75) is 44.6 Å². The van der Waals surface area contributed by atoms with Crippen LogP contribution < -0.4 is 10.6 Å². The van der Waals surface area contributed by atoms with E-state index in [2.05, 4.69) is 44.2 Å². The molecule has 0 radical (unpaired) electrons. The van der Waals surface area contributed by atoms with Crippen LogP contribution in [0.25, 0.3) is 17.2 Å². The van der Waals surface area contributed by atoms with Gasteiger partial charge in [-0.15, -0.1) is 0 Å². The van der Waals surface area contributed by atoms with Crippen LogP contribution in [0, 0.1) is 6.92 Å². The van der Waals surface area contributed by atoms with Crippen molar-refractivity contribution < 1.29 is 0 Å². The smallest absolute Gasteiger partial charge is 0.180 e. The number of rotatable bonds is 4. The highest BCUT2D eigenvalue weighted by Crippen LogP contribution is 2.43. The van der Waals surface area contributed by atoms with E-state index in [-0.39, 0.29) is 0 Å². The second-order valence-corrected chi connectivity index (χ2v) is 7.54. The van der Waals surface area contributed by atoms with E-state index < -0.39 is 0 Å². The fourth-order valence-electron chi connectivity index (χ4n) is 3.74. The van der Waals surface area contributed by atoms with Gasteiger partial charge in [0.1, 0.15) is 17.2 Å². The molecule has 1 aliphatic heterocycles. The van der Waals surface area contributed by atoms with E-state index in [1.165, 1.54) is 36.8 Å². The van der Waals surface area contributed by atoms with Gasteiger partial charge < -0.3 is 10.6 Å². The number of aromatic nitrogens is 4. The predicted molar refractivity (Wildman–Crippen MR) is 102 cm³/mol. The van der Waals surface area contributed by atoms with Gasteiger partial charge in [0, 0.05) is 30.5 Å². The molecule has 1 aliphatic carbocycles. The first-order valence-electron chi connectivity index (χ1n) is 9.56. The Labute approximate surface area is 153 Å². The molecule has 2 aliphatic rings. The van der Waals surface area contributed by atoms with Crippen molar-refractivity contribution in [2.24, 2.45) is 0 Å². The van der Waals surface area contributed by atoms with Gasteiger partial charge in [-0.1, -0.05) is 6.07 Å². The number of piperidine rings is 1. The summed E-state index contributed by atoms with van der Waals surface area (Å²) in [6.45, 7) is 4.20. The van der Waals surface area contributed by atoms with Gasteiger partial charge in [-0.3, -0.25) is 4.40 Å². The SMILES string of the molecule is Cc1ccc2ncc(-c3ncc(C4CC4)c(N[C@@H]4CCCNC4)n3)n2c1. The first kappa shape index (κ1) is 15.8. The number of fused-ring (bicyclic) bond motifs is 1. The molecule has 1 saturated heterocycles. The molecule has 134 valence electrons. The second kappa shape index (κ2) is 6.36. The standard InChI is InChI=1S/C20H24N6/c1-13-4-7-18-22-11-17(26(18)12-13)20-23-10-16(14-5-6-14)19(25-20)24-15-3-2-8-21-9-15/h4,7,10-12,14-15,21H,2-3,5-6,8-9H2,1H3,(H,23,24,25)/t15-/m1/s1. The number of nitrogens with zero attached hydrogens (tertiary/aromatic N) is 4. The summed E-state index contributed by atoms with van der Waals surface area (Å²) in [6, 6.07) is 4.55. The van der Waals surface area contributed by atoms with Crippen LogP contribution in [-0.4, -0.2) is 38.5 Å². The molecule has 6 nitrogen and oxygen atoms in total. The summed E-state index contributed by atoms with van der Waals surface area (Å²) < 4.78 is 2.08. The number of nitrogens with one attached hydrogen (secondary N) is 2. The Morgan fingerprint density at radius 3 is 2.88 bits per heavy atom. The Balaban J connectivity index is 1.54. The van der Waals surface area contributed by atoms with Crippen molar-refractivity contribution in [3.63, 3.8) is 0 Å². The first-order valence-corrected chi connectivity index (χ1v) is 9.56. The molecule has 0 unspecified atom stereocenters. The fourth-order valence-corrected chi connectivity index (χ4v) is 3.74. The zero-order chi connectivity index (χ0) is 17.5. The molecule has 2 fully saturated rings. The number of pyridine rings is 1. The number of hydrogen-bond donors (Lipinski definition) is 2. The summed E-state index contributed by atoms with van der Waals surface area (Å²) in [7, 11) is 0. The van der Waals surface area contributed by atoms with Crippen molar-refractivity contribution in [3.05, 3.63) is 41.9 Å². The van der Waals surface area contributed by atoms with Crippen LogP contribution in [0.5, 0.6) is 0 Å². The molecule has 26 heavy (non-hydrogen) atoms. The van der Waals surface area contributed by atoms with Gasteiger partial charge in [0.25, 0.3) is 0 Å². The Kier molecular flexibility index (Phi) is 3.85. The molecule has 5 rings (SSSR count). The summed E-state index contributed by atoms with van der Waals surface area (Å²) >= 11 is 0. The maximum Gasteiger partial charge on any atom is 0.180 e. The third kappa shape index (κ3) is 2.94. The van der Waals surface area contributed by atoms with Crippen LogP contribution >= 0.6 is 0 Å². The molecule has 3 aromatic heterocycles. The largest absolute Gasteiger partial charge is 0.366 e. The van der Waals surface area contributed by atoms with Gasteiger partial charge in [-0.25, -0.2) is 15.0 Å². The molecular formula is C20H24N6. The Bertz CT molecular complexity index is 937. The highest BCUT2D eigenvalue weighted by atomic mass is 15.1. The summed E-state index contributed by atoms with van der Waals surface area (Å²) in [5, 5.41) is 7.16. The molecule has 0 bridgehead atoms. The zero-order valence-electron chi connectivity index (χ0n) is 15.1. The van der Waals surface area contributed by atoms with Crippen LogP contribution in [0.4, 0.5) is 5.82 Å². The van der Waals surface area contributed by atoms with Gasteiger partial charge in [0.05, 0.1) is 6.20 Å². The number of imidazole rings is 1. The van der Waals surface area contributed by atoms with Crippen molar-refractivity contribution in [1.82, 2.24) is 24.7 Å². The highest BCUT2D eigenvalue weighted by Gasteiger charge is 2.29. The minimum absolute atomic E-state index is 0.438. The van der Waals surface area contributed by atoms with E-state index in [0.29, 0.717) is 12.0 Å². The third-order valence-electron chi connectivity index (χ3n) is 5.35. The lowest BCUT2D eigenvalue weighted by Crippen LogP contribution is -2.38. The zero-order valence-corrected chi connectivity index (χ0v) is 15.1. The molecule has 3 aromatic rings.